The first kappa shape index (κ1) is 14.1. The summed E-state index contributed by atoms with van der Waals surface area (Å²) < 4.78 is 0. The van der Waals surface area contributed by atoms with E-state index < -0.39 is 0 Å². The number of hydrogen-bond acceptors (Lipinski definition) is 3. The number of carbonyl (C=O) groups excluding carboxylic acids is 1. The van der Waals surface area contributed by atoms with Crippen LogP contribution >= 0.6 is 24.0 Å². The molecule has 0 unspecified atom stereocenters. The zero-order valence-corrected chi connectivity index (χ0v) is 12.4. The first-order chi connectivity index (χ1) is 8.66. The van der Waals surface area contributed by atoms with E-state index in [1.807, 2.05) is 16.7 Å². The molecule has 1 saturated heterocycles. The number of nitrogens with zero attached hydrogens (tertiary/aromatic N) is 1. The summed E-state index contributed by atoms with van der Waals surface area (Å²) in [4.78, 5) is 14.9. The first-order valence-electron chi connectivity index (χ1n) is 6.82. The normalized spacial score (nSPS) is 20.7. The lowest BCUT2D eigenvalue weighted by Crippen LogP contribution is -2.37. The Labute approximate surface area is 119 Å². The molecule has 2 fully saturated rings. The summed E-state index contributed by atoms with van der Waals surface area (Å²) in [5.74, 6) is 3.36. The van der Waals surface area contributed by atoms with Gasteiger partial charge in [0.2, 0.25) is 5.91 Å². The van der Waals surface area contributed by atoms with Crippen LogP contribution in [0.3, 0.4) is 0 Å². The molecule has 0 bridgehead atoms. The molecule has 2 rings (SSSR count). The van der Waals surface area contributed by atoms with E-state index in [0.29, 0.717) is 29.3 Å². The van der Waals surface area contributed by atoms with E-state index in [9.17, 15) is 4.79 Å². The Hall–Kier alpha value is -0.290. The molecule has 0 spiro atoms. The monoisotopic (exact) mass is 286 g/mol. The van der Waals surface area contributed by atoms with Crippen LogP contribution < -0.4 is 5.73 Å². The predicted molar refractivity (Wildman–Crippen MR) is 80.8 cm³/mol. The van der Waals surface area contributed by atoms with E-state index in [1.54, 1.807) is 0 Å². The third-order valence-corrected chi connectivity index (χ3v) is 4.96. The standard InChI is InChI=1S/C13H22N2OS2/c14-12(17)3-6-15(11-1-2-11)13(16)9-10-4-7-18-8-5-10/h10-11H,1-9H2,(H2,14,17). The van der Waals surface area contributed by atoms with Gasteiger partial charge in [-0.3, -0.25) is 4.79 Å². The fraction of sp³-hybridized carbons (Fsp3) is 0.846. The van der Waals surface area contributed by atoms with Crippen molar-refractivity contribution in [2.45, 2.75) is 44.6 Å². The van der Waals surface area contributed by atoms with Gasteiger partial charge in [-0.15, -0.1) is 0 Å². The van der Waals surface area contributed by atoms with Crippen molar-refractivity contribution in [1.29, 1.82) is 0 Å². The summed E-state index contributed by atoms with van der Waals surface area (Å²) in [6.07, 6.45) is 6.11. The van der Waals surface area contributed by atoms with Crippen LogP contribution in [0.2, 0.25) is 0 Å². The SMILES string of the molecule is NC(=S)CCN(C(=O)CC1CCSCC1)C1CC1. The first-order valence-corrected chi connectivity index (χ1v) is 8.38. The van der Waals surface area contributed by atoms with Gasteiger partial charge in [0, 0.05) is 25.4 Å². The van der Waals surface area contributed by atoms with Crippen molar-refractivity contribution in [3.8, 4) is 0 Å². The maximum absolute atomic E-state index is 12.3. The Morgan fingerprint density at radius 3 is 2.50 bits per heavy atom. The van der Waals surface area contributed by atoms with E-state index in [2.05, 4.69) is 0 Å². The van der Waals surface area contributed by atoms with Crippen molar-refractivity contribution in [3.05, 3.63) is 0 Å². The Bertz CT molecular complexity index is 312. The van der Waals surface area contributed by atoms with Gasteiger partial charge in [0.05, 0.1) is 4.99 Å². The fourth-order valence-electron chi connectivity index (χ4n) is 2.44. The third kappa shape index (κ3) is 4.43. The lowest BCUT2D eigenvalue weighted by atomic mass is 9.98. The number of amides is 1. The van der Waals surface area contributed by atoms with Gasteiger partial charge in [-0.25, -0.2) is 0 Å². The molecule has 3 nitrogen and oxygen atoms in total. The highest BCUT2D eigenvalue weighted by Gasteiger charge is 2.33. The quantitative estimate of drug-likeness (QED) is 0.760. The molecule has 1 heterocycles. The number of hydrogen-bond donors (Lipinski definition) is 1. The maximum Gasteiger partial charge on any atom is 0.223 e. The minimum atomic E-state index is 0.325. The van der Waals surface area contributed by atoms with Crippen LogP contribution in [0.15, 0.2) is 0 Å². The van der Waals surface area contributed by atoms with E-state index in [0.717, 1.165) is 25.8 Å². The number of thioether (sulfide) groups is 1. The van der Waals surface area contributed by atoms with Gasteiger partial charge in [0.15, 0.2) is 0 Å². The van der Waals surface area contributed by atoms with E-state index >= 15 is 0 Å². The average molecular weight is 286 g/mol. The summed E-state index contributed by atoms with van der Waals surface area (Å²) in [7, 11) is 0. The summed E-state index contributed by atoms with van der Waals surface area (Å²) in [6.45, 7) is 0.723. The highest BCUT2D eigenvalue weighted by atomic mass is 32.2. The zero-order valence-electron chi connectivity index (χ0n) is 10.8. The summed E-state index contributed by atoms with van der Waals surface area (Å²) >= 11 is 6.91. The van der Waals surface area contributed by atoms with E-state index in [1.165, 1.54) is 24.3 Å². The molecule has 5 heteroatoms. The van der Waals surface area contributed by atoms with Crippen LogP contribution in [0.4, 0.5) is 0 Å². The molecular weight excluding hydrogens is 264 g/mol. The summed E-state index contributed by atoms with van der Waals surface area (Å²) in [6, 6.07) is 0.477. The van der Waals surface area contributed by atoms with Crippen LogP contribution in [0.1, 0.15) is 38.5 Å². The highest BCUT2D eigenvalue weighted by Crippen LogP contribution is 2.30. The number of nitrogens with two attached hydrogens (primary N) is 1. The van der Waals surface area contributed by atoms with Gasteiger partial charge >= 0.3 is 0 Å². The molecule has 0 radical (unpaired) electrons. The van der Waals surface area contributed by atoms with Crippen molar-refractivity contribution < 1.29 is 4.79 Å². The van der Waals surface area contributed by atoms with Gasteiger partial charge in [-0.2, -0.15) is 11.8 Å². The molecule has 0 atom stereocenters. The lowest BCUT2D eigenvalue weighted by Gasteiger charge is -2.26. The smallest absolute Gasteiger partial charge is 0.223 e. The molecule has 1 saturated carbocycles. The molecule has 1 aliphatic heterocycles. The second kappa shape index (κ2) is 6.75. The van der Waals surface area contributed by atoms with Crippen molar-refractivity contribution >= 4 is 34.9 Å². The Balaban J connectivity index is 1.81. The van der Waals surface area contributed by atoms with Gasteiger partial charge in [0.1, 0.15) is 0 Å². The minimum absolute atomic E-state index is 0.325. The van der Waals surface area contributed by atoms with Crippen LogP contribution in [0, 0.1) is 5.92 Å². The number of rotatable bonds is 6. The fourth-order valence-corrected chi connectivity index (χ4v) is 3.74. The lowest BCUT2D eigenvalue weighted by molar-refractivity contribution is -0.132. The predicted octanol–water partition coefficient (Wildman–Crippen LogP) is 2.19. The van der Waals surface area contributed by atoms with Gasteiger partial charge in [-0.05, 0) is 43.1 Å². The van der Waals surface area contributed by atoms with E-state index in [-0.39, 0.29) is 0 Å². The topological polar surface area (TPSA) is 46.3 Å². The Morgan fingerprint density at radius 2 is 1.94 bits per heavy atom. The number of thiocarbonyl (C=S) groups is 1. The molecule has 0 aromatic carbocycles. The Morgan fingerprint density at radius 1 is 1.28 bits per heavy atom. The third-order valence-electron chi connectivity index (χ3n) is 3.71. The minimum Gasteiger partial charge on any atom is -0.393 e. The number of carbonyl (C=O) groups is 1. The van der Waals surface area contributed by atoms with Gasteiger partial charge < -0.3 is 10.6 Å². The van der Waals surface area contributed by atoms with Gasteiger partial charge in [-0.1, -0.05) is 12.2 Å². The van der Waals surface area contributed by atoms with Crippen molar-refractivity contribution in [3.63, 3.8) is 0 Å². The van der Waals surface area contributed by atoms with Crippen LogP contribution in [0.5, 0.6) is 0 Å². The molecule has 0 aromatic heterocycles. The molecule has 2 N–H and O–H groups in total. The van der Waals surface area contributed by atoms with Crippen molar-refractivity contribution in [2.75, 3.05) is 18.1 Å². The van der Waals surface area contributed by atoms with Gasteiger partial charge in [0.25, 0.3) is 0 Å². The largest absolute Gasteiger partial charge is 0.393 e. The van der Waals surface area contributed by atoms with Crippen LogP contribution in [-0.4, -0.2) is 39.9 Å². The van der Waals surface area contributed by atoms with Crippen LogP contribution in [-0.2, 0) is 4.79 Å². The maximum atomic E-state index is 12.3. The van der Waals surface area contributed by atoms with Crippen molar-refractivity contribution in [1.82, 2.24) is 4.90 Å². The average Bonchev–Trinajstić information content (AvgIpc) is 3.14. The molecule has 1 amide bonds. The zero-order chi connectivity index (χ0) is 13.0. The summed E-state index contributed by atoms with van der Waals surface area (Å²) in [5.41, 5.74) is 5.54. The second-order valence-corrected chi connectivity index (χ2v) is 7.04. The molecule has 0 aromatic rings. The molecule has 1 aliphatic carbocycles. The van der Waals surface area contributed by atoms with Crippen molar-refractivity contribution in [2.24, 2.45) is 11.7 Å². The summed E-state index contributed by atoms with van der Waals surface area (Å²) in [5, 5.41) is 0. The Kier molecular flexibility index (Phi) is 5.30. The molecule has 18 heavy (non-hydrogen) atoms. The van der Waals surface area contributed by atoms with E-state index in [4.69, 9.17) is 18.0 Å². The highest BCUT2D eigenvalue weighted by molar-refractivity contribution is 7.99. The second-order valence-electron chi connectivity index (χ2n) is 5.29. The molecular formula is C13H22N2OS2. The molecule has 102 valence electrons. The van der Waals surface area contributed by atoms with Crippen LogP contribution in [0.25, 0.3) is 0 Å². The molecule has 2 aliphatic rings.